The third-order valence-corrected chi connectivity index (χ3v) is 2.21. The molecule has 3 nitrogen and oxygen atoms in total. The van der Waals surface area contributed by atoms with Gasteiger partial charge in [0.1, 0.15) is 0 Å². The van der Waals surface area contributed by atoms with Crippen molar-refractivity contribution in [2.75, 3.05) is 19.0 Å². The normalized spacial score (nSPS) is 10.4. The first-order valence-electron chi connectivity index (χ1n) is 5.30. The molecule has 1 N–H and O–H groups in total. The second-order valence-electron chi connectivity index (χ2n) is 3.78. The fourth-order valence-corrected chi connectivity index (χ4v) is 1.34. The SMILES string of the molecule is C/C=C/C(=O)NCc1cccc(N(C)C)c1. The Morgan fingerprint density at radius 1 is 1.44 bits per heavy atom. The molecule has 0 aliphatic carbocycles. The average Bonchev–Trinajstić information content (AvgIpc) is 2.27. The predicted molar refractivity (Wildman–Crippen MR) is 67.4 cm³/mol. The highest BCUT2D eigenvalue weighted by Gasteiger charge is 1.99. The number of anilines is 1. The second kappa shape index (κ2) is 5.95. The van der Waals surface area contributed by atoms with Crippen LogP contribution in [0.2, 0.25) is 0 Å². The average molecular weight is 218 g/mol. The van der Waals surface area contributed by atoms with Crippen molar-refractivity contribution >= 4 is 11.6 Å². The standard InChI is InChI=1S/C13H18N2O/c1-4-6-13(16)14-10-11-7-5-8-12(9-11)15(2)3/h4-9H,10H2,1-3H3,(H,14,16)/b6-4+. The van der Waals surface area contributed by atoms with Crippen LogP contribution in [0.1, 0.15) is 12.5 Å². The van der Waals surface area contributed by atoms with E-state index in [2.05, 4.69) is 11.4 Å². The zero-order valence-electron chi connectivity index (χ0n) is 10.0. The van der Waals surface area contributed by atoms with E-state index >= 15 is 0 Å². The van der Waals surface area contributed by atoms with Gasteiger partial charge in [0.25, 0.3) is 0 Å². The van der Waals surface area contributed by atoms with Gasteiger partial charge in [0, 0.05) is 26.3 Å². The zero-order valence-corrected chi connectivity index (χ0v) is 10.0. The Kier molecular flexibility index (Phi) is 4.58. The van der Waals surface area contributed by atoms with Crippen LogP contribution < -0.4 is 10.2 Å². The lowest BCUT2D eigenvalue weighted by Gasteiger charge is -2.13. The number of carbonyl (C=O) groups is 1. The van der Waals surface area contributed by atoms with Crippen LogP contribution in [0.3, 0.4) is 0 Å². The third-order valence-electron chi connectivity index (χ3n) is 2.21. The van der Waals surface area contributed by atoms with Gasteiger partial charge in [-0.2, -0.15) is 0 Å². The number of hydrogen-bond donors (Lipinski definition) is 1. The lowest BCUT2D eigenvalue weighted by Crippen LogP contribution is -2.20. The molecule has 16 heavy (non-hydrogen) atoms. The highest BCUT2D eigenvalue weighted by atomic mass is 16.1. The number of amides is 1. The van der Waals surface area contributed by atoms with Gasteiger partial charge in [-0.05, 0) is 30.7 Å². The molecule has 0 heterocycles. The molecule has 0 spiro atoms. The molecule has 1 rings (SSSR count). The van der Waals surface area contributed by atoms with Crippen molar-refractivity contribution in [1.82, 2.24) is 5.32 Å². The Balaban J connectivity index is 2.60. The van der Waals surface area contributed by atoms with E-state index in [4.69, 9.17) is 0 Å². The van der Waals surface area contributed by atoms with Crippen LogP contribution >= 0.6 is 0 Å². The Bertz CT molecular complexity index is 383. The van der Waals surface area contributed by atoms with Gasteiger partial charge in [-0.3, -0.25) is 4.79 Å². The fourth-order valence-electron chi connectivity index (χ4n) is 1.34. The maximum absolute atomic E-state index is 11.2. The largest absolute Gasteiger partial charge is 0.378 e. The van der Waals surface area contributed by atoms with Crippen molar-refractivity contribution in [1.29, 1.82) is 0 Å². The molecule has 3 heteroatoms. The number of rotatable bonds is 4. The zero-order chi connectivity index (χ0) is 12.0. The van der Waals surface area contributed by atoms with E-state index < -0.39 is 0 Å². The third kappa shape index (κ3) is 3.77. The number of nitrogens with zero attached hydrogens (tertiary/aromatic N) is 1. The first kappa shape index (κ1) is 12.3. The van der Waals surface area contributed by atoms with Crippen molar-refractivity contribution in [2.24, 2.45) is 0 Å². The van der Waals surface area contributed by atoms with Crippen LogP contribution in [0.5, 0.6) is 0 Å². The summed E-state index contributed by atoms with van der Waals surface area (Å²) in [7, 11) is 4.00. The topological polar surface area (TPSA) is 32.3 Å². The highest BCUT2D eigenvalue weighted by Crippen LogP contribution is 2.12. The maximum atomic E-state index is 11.2. The minimum atomic E-state index is -0.0576. The summed E-state index contributed by atoms with van der Waals surface area (Å²) < 4.78 is 0. The van der Waals surface area contributed by atoms with Crippen LogP contribution in [0, 0.1) is 0 Å². The summed E-state index contributed by atoms with van der Waals surface area (Å²) in [4.78, 5) is 13.3. The molecule has 86 valence electrons. The van der Waals surface area contributed by atoms with Crippen LogP contribution in [-0.2, 0) is 11.3 Å². The first-order valence-corrected chi connectivity index (χ1v) is 5.30. The molecule has 0 atom stereocenters. The van der Waals surface area contributed by atoms with Crippen molar-refractivity contribution in [3.63, 3.8) is 0 Å². The highest BCUT2D eigenvalue weighted by molar-refractivity contribution is 5.87. The maximum Gasteiger partial charge on any atom is 0.243 e. The molecule has 0 saturated heterocycles. The van der Waals surface area contributed by atoms with E-state index in [0.29, 0.717) is 6.54 Å². The van der Waals surface area contributed by atoms with E-state index in [9.17, 15) is 4.79 Å². The summed E-state index contributed by atoms with van der Waals surface area (Å²) in [6.07, 6.45) is 3.25. The molecule has 0 bridgehead atoms. The number of allylic oxidation sites excluding steroid dienone is 1. The predicted octanol–water partition coefficient (Wildman–Crippen LogP) is 1.94. The smallest absolute Gasteiger partial charge is 0.243 e. The lowest BCUT2D eigenvalue weighted by atomic mass is 10.2. The van der Waals surface area contributed by atoms with Crippen molar-refractivity contribution in [2.45, 2.75) is 13.5 Å². The quantitative estimate of drug-likeness (QED) is 0.783. The van der Waals surface area contributed by atoms with E-state index in [0.717, 1.165) is 11.3 Å². The minimum Gasteiger partial charge on any atom is -0.378 e. The molecular formula is C13H18N2O. The summed E-state index contributed by atoms with van der Waals surface area (Å²) >= 11 is 0. The summed E-state index contributed by atoms with van der Waals surface area (Å²) in [5.41, 5.74) is 2.24. The van der Waals surface area contributed by atoms with Crippen molar-refractivity contribution < 1.29 is 4.79 Å². The summed E-state index contributed by atoms with van der Waals surface area (Å²) in [6.45, 7) is 2.39. The van der Waals surface area contributed by atoms with Gasteiger partial charge < -0.3 is 10.2 Å². The van der Waals surface area contributed by atoms with Crippen LogP contribution in [-0.4, -0.2) is 20.0 Å². The Hall–Kier alpha value is -1.77. The van der Waals surface area contributed by atoms with E-state index in [1.54, 1.807) is 6.08 Å². The van der Waals surface area contributed by atoms with Gasteiger partial charge in [-0.25, -0.2) is 0 Å². The first-order chi connectivity index (χ1) is 7.63. The minimum absolute atomic E-state index is 0.0576. The number of benzene rings is 1. The molecule has 0 aliphatic rings. The van der Waals surface area contributed by atoms with Crippen LogP contribution in [0.25, 0.3) is 0 Å². The van der Waals surface area contributed by atoms with Gasteiger partial charge in [0.15, 0.2) is 0 Å². The molecule has 0 fully saturated rings. The molecule has 0 unspecified atom stereocenters. The Morgan fingerprint density at radius 2 is 2.19 bits per heavy atom. The summed E-state index contributed by atoms with van der Waals surface area (Å²) in [6, 6.07) is 8.10. The van der Waals surface area contributed by atoms with Gasteiger partial charge in [0.05, 0.1) is 0 Å². The molecule has 0 radical (unpaired) electrons. The van der Waals surface area contributed by atoms with Gasteiger partial charge in [-0.1, -0.05) is 18.2 Å². The molecule has 0 aromatic heterocycles. The molecule has 1 amide bonds. The van der Waals surface area contributed by atoms with Crippen LogP contribution in [0.4, 0.5) is 5.69 Å². The Morgan fingerprint density at radius 3 is 2.81 bits per heavy atom. The van der Waals surface area contributed by atoms with Gasteiger partial charge >= 0.3 is 0 Å². The monoisotopic (exact) mass is 218 g/mol. The lowest BCUT2D eigenvalue weighted by molar-refractivity contribution is -0.116. The van der Waals surface area contributed by atoms with E-state index in [1.165, 1.54) is 6.08 Å². The van der Waals surface area contributed by atoms with Gasteiger partial charge in [0.2, 0.25) is 5.91 Å². The summed E-state index contributed by atoms with van der Waals surface area (Å²) in [5.74, 6) is -0.0576. The molecular weight excluding hydrogens is 200 g/mol. The fraction of sp³-hybridized carbons (Fsp3) is 0.308. The molecule has 1 aromatic carbocycles. The van der Waals surface area contributed by atoms with E-state index in [1.807, 2.05) is 44.1 Å². The van der Waals surface area contributed by atoms with Gasteiger partial charge in [-0.15, -0.1) is 0 Å². The Labute approximate surface area is 96.8 Å². The number of hydrogen-bond acceptors (Lipinski definition) is 2. The molecule has 0 aliphatic heterocycles. The van der Waals surface area contributed by atoms with Crippen molar-refractivity contribution in [3.8, 4) is 0 Å². The molecule has 0 saturated carbocycles. The molecule has 1 aromatic rings. The number of carbonyl (C=O) groups excluding carboxylic acids is 1. The van der Waals surface area contributed by atoms with Crippen LogP contribution in [0.15, 0.2) is 36.4 Å². The summed E-state index contributed by atoms with van der Waals surface area (Å²) in [5, 5.41) is 2.82. The number of nitrogens with one attached hydrogen (secondary N) is 1. The van der Waals surface area contributed by atoms with E-state index in [-0.39, 0.29) is 5.91 Å². The second-order valence-corrected chi connectivity index (χ2v) is 3.78. The van der Waals surface area contributed by atoms with Crippen molar-refractivity contribution in [3.05, 3.63) is 42.0 Å².